The van der Waals surface area contributed by atoms with Gasteiger partial charge < -0.3 is 18.9 Å². The Morgan fingerprint density at radius 1 is 0.865 bits per heavy atom. The zero-order valence-electron chi connectivity index (χ0n) is 23.8. The van der Waals surface area contributed by atoms with Crippen molar-refractivity contribution in [3.8, 4) is 0 Å². The maximum atomic E-state index is 12.5. The second kappa shape index (κ2) is 8.94. The Bertz CT molecular complexity index is 925. The molecule has 6 heteroatoms. The van der Waals surface area contributed by atoms with E-state index in [2.05, 4.69) is 27.7 Å². The monoisotopic (exact) mass is 516 g/mol. The van der Waals surface area contributed by atoms with Crippen LogP contribution in [-0.2, 0) is 28.5 Å². The Kier molecular flexibility index (Phi) is 6.31. The summed E-state index contributed by atoms with van der Waals surface area (Å²) in [6, 6.07) is 0. The average molecular weight is 517 g/mol. The molecule has 0 N–H and O–H groups in total. The van der Waals surface area contributed by atoms with Gasteiger partial charge in [-0.3, -0.25) is 9.59 Å². The van der Waals surface area contributed by atoms with E-state index in [0.717, 1.165) is 51.6 Å². The smallest absolute Gasteiger partial charge is 0.302 e. The first kappa shape index (κ1) is 26.1. The highest BCUT2D eigenvalue weighted by molar-refractivity contribution is 5.66. The highest BCUT2D eigenvalue weighted by Crippen LogP contribution is 2.71. The van der Waals surface area contributed by atoms with Crippen molar-refractivity contribution in [2.75, 3.05) is 6.61 Å². The molecule has 6 fully saturated rings. The lowest BCUT2D eigenvalue weighted by molar-refractivity contribution is -0.274. The molecule has 0 bridgehead atoms. The summed E-state index contributed by atoms with van der Waals surface area (Å²) in [4.78, 5) is 24.1. The molecule has 2 aliphatic heterocycles. The number of hydrogen-bond acceptors (Lipinski definition) is 6. The summed E-state index contributed by atoms with van der Waals surface area (Å²) in [5, 5.41) is 0. The topological polar surface area (TPSA) is 71.1 Å². The summed E-state index contributed by atoms with van der Waals surface area (Å²) >= 11 is 0. The van der Waals surface area contributed by atoms with Crippen LogP contribution in [0.25, 0.3) is 0 Å². The van der Waals surface area contributed by atoms with Gasteiger partial charge in [-0.05, 0) is 86.4 Å². The van der Waals surface area contributed by atoms with Gasteiger partial charge in [-0.2, -0.15) is 0 Å². The molecule has 13 atom stereocenters. The van der Waals surface area contributed by atoms with Crippen LogP contribution in [0.2, 0.25) is 0 Å². The van der Waals surface area contributed by atoms with Crippen molar-refractivity contribution in [1.29, 1.82) is 0 Å². The van der Waals surface area contributed by atoms with Crippen LogP contribution >= 0.6 is 0 Å². The molecule has 208 valence electrons. The SMILES string of the molecule is CC(=O)O[C@H]1CC[C@@]2(C)[C@@H](CC[C@@H]3[C@@H]2C[C@@H](OC(C)=O)[C@]2(C)[C@@H]4[C@H](C[C@@H]32)O[C@]2(CCC(C)CO2)[C@H]4C)C1. The maximum Gasteiger partial charge on any atom is 0.302 e. The molecule has 4 saturated carbocycles. The summed E-state index contributed by atoms with van der Waals surface area (Å²) in [5.41, 5.74) is 0.109. The minimum atomic E-state index is -0.466. The Hall–Kier alpha value is -1.14. The van der Waals surface area contributed by atoms with Crippen LogP contribution in [0.15, 0.2) is 0 Å². The number of ether oxygens (including phenoxy) is 4. The molecule has 0 aromatic heterocycles. The molecule has 1 unspecified atom stereocenters. The second-order valence-electron chi connectivity index (χ2n) is 14.3. The van der Waals surface area contributed by atoms with E-state index in [0.29, 0.717) is 41.4 Å². The van der Waals surface area contributed by atoms with Crippen molar-refractivity contribution in [2.24, 2.45) is 52.3 Å². The van der Waals surface area contributed by atoms with Crippen molar-refractivity contribution in [3.63, 3.8) is 0 Å². The van der Waals surface area contributed by atoms with E-state index in [1.54, 1.807) is 6.92 Å². The summed E-state index contributed by atoms with van der Waals surface area (Å²) in [6.07, 6.45) is 9.70. The van der Waals surface area contributed by atoms with Crippen LogP contribution in [0.5, 0.6) is 0 Å². The maximum absolute atomic E-state index is 12.5. The summed E-state index contributed by atoms with van der Waals surface area (Å²) in [5.74, 6) is 2.66. The molecule has 0 radical (unpaired) electrons. The van der Waals surface area contributed by atoms with E-state index in [4.69, 9.17) is 18.9 Å². The van der Waals surface area contributed by atoms with E-state index in [9.17, 15) is 9.59 Å². The summed E-state index contributed by atoms with van der Waals surface area (Å²) in [6.45, 7) is 13.4. The lowest BCUT2D eigenvalue weighted by atomic mass is 9.43. The third-order valence-corrected chi connectivity index (χ3v) is 12.6. The summed E-state index contributed by atoms with van der Waals surface area (Å²) < 4.78 is 25.4. The molecule has 2 saturated heterocycles. The number of esters is 2. The van der Waals surface area contributed by atoms with Gasteiger partial charge in [-0.15, -0.1) is 0 Å². The van der Waals surface area contributed by atoms with Crippen molar-refractivity contribution in [3.05, 3.63) is 0 Å². The molecule has 0 aromatic rings. The number of fused-ring (bicyclic) bond motifs is 7. The minimum absolute atomic E-state index is 0.0553. The van der Waals surface area contributed by atoms with Gasteiger partial charge in [-0.1, -0.05) is 27.7 Å². The Morgan fingerprint density at radius 3 is 2.30 bits per heavy atom. The van der Waals surface area contributed by atoms with Crippen molar-refractivity contribution in [2.45, 2.75) is 123 Å². The Balaban J connectivity index is 1.30. The van der Waals surface area contributed by atoms with E-state index in [-0.39, 0.29) is 41.1 Å². The van der Waals surface area contributed by atoms with E-state index in [1.165, 1.54) is 19.8 Å². The number of hydrogen-bond donors (Lipinski definition) is 0. The van der Waals surface area contributed by atoms with Gasteiger partial charge in [0.25, 0.3) is 0 Å². The fourth-order valence-corrected chi connectivity index (χ4v) is 10.9. The zero-order valence-corrected chi connectivity index (χ0v) is 23.8. The number of rotatable bonds is 2. The van der Waals surface area contributed by atoms with Crippen molar-refractivity contribution >= 4 is 11.9 Å². The molecule has 6 rings (SSSR count). The first-order valence-corrected chi connectivity index (χ1v) is 15.1. The Morgan fingerprint density at radius 2 is 1.62 bits per heavy atom. The first-order chi connectivity index (χ1) is 17.5. The average Bonchev–Trinajstić information content (AvgIpc) is 3.27. The molecular weight excluding hydrogens is 468 g/mol. The third-order valence-electron chi connectivity index (χ3n) is 12.6. The highest BCUT2D eigenvalue weighted by atomic mass is 16.7. The van der Waals surface area contributed by atoms with Gasteiger partial charge in [-0.25, -0.2) is 0 Å². The molecular formula is C31H48O6. The van der Waals surface area contributed by atoms with Crippen LogP contribution in [0.1, 0.15) is 99.3 Å². The van der Waals surface area contributed by atoms with E-state index < -0.39 is 5.79 Å². The second-order valence-corrected chi connectivity index (χ2v) is 14.3. The molecule has 0 aromatic carbocycles. The van der Waals surface area contributed by atoms with E-state index in [1.807, 2.05) is 0 Å². The number of carbonyl (C=O) groups is 2. The predicted molar refractivity (Wildman–Crippen MR) is 138 cm³/mol. The van der Waals surface area contributed by atoms with Crippen molar-refractivity contribution < 1.29 is 28.5 Å². The lowest BCUT2D eigenvalue weighted by Crippen LogP contribution is -2.60. The molecule has 6 nitrogen and oxygen atoms in total. The van der Waals surface area contributed by atoms with Crippen LogP contribution in [0, 0.1) is 52.3 Å². The van der Waals surface area contributed by atoms with Gasteiger partial charge in [0.05, 0.1) is 12.7 Å². The first-order valence-electron chi connectivity index (χ1n) is 15.1. The Labute approximate surface area is 222 Å². The van der Waals surface area contributed by atoms with Gasteiger partial charge >= 0.3 is 11.9 Å². The third kappa shape index (κ3) is 3.85. The highest BCUT2D eigenvalue weighted by Gasteiger charge is 2.72. The van der Waals surface area contributed by atoms with Crippen LogP contribution in [0.4, 0.5) is 0 Å². The van der Waals surface area contributed by atoms with Crippen molar-refractivity contribution in [1.82, 2.24) is 0 Å². The summed E-state index contributed by atoms with van der Waals surface area (Å²) in [7, 11) is 0. The minimum Gasteiger partial charge on any atom is -0.463 e. The molecule has 4 aliphatic carbocycles. The number of carbonyl (C=O) groups excluding carboxylic acids is 2. The normalized spacial score (nSPS) is 54.5. The van der Waals surface area contributed by atoms with E-state index >= 15 is 0 Å². The fourth-order valence-electron chi connectivity index (χ4n) is 10.9. The molecule has 2 heterocycles. The molecule has 6 aliphatic rings. The quantitative estimate of drug-likeness (QED) is 0.425. The standard InChI is InChI=1S/C31H48O6/c1-17-9-12-31(34-16-17)18(2)28-26(37-31)14-25-23-8-7-21-13-22(35-19(3)32)10-11-29(21,5)24(23)15-27(30(25,28)6)36-20(4)33/h17-18,21-28H,7-16H2,1-6H3/t17?,18-,21-,22-,23+,24-,25-,26-,27+,28-,29-,30+,31+/m0/s1. The molecule has 1 spiro atoms. The zero-order chi connectivity index (χ0) is 26.3. The van der Waals surface area contributed by atoms with Gasteiger partial charge in [0.15, 0.2) is 5.79 Å². The van der Waals surface area contributed by atoms with Gasteiger partial charge in [0, 0.05) is 37.5 Å². The fraction of sp³-hybridized carbons (Fsp3) is 0.935. The largest absolute Gasteiger partial charge is 0.463 e. The van der Waals surface area contributed by atoms with Crippen LogP contribution < -0.4 is 0 Å². The lowest BCUT2D eigenvalue weighted by Gasteiger charge is -2.62. The van der Waals surface area contributed by atoms with Gasteiger partial charge in [0.2, 0.25) is 0 Å². The van der Waals surface area contributed by atoms with Crippen LogP contribution in [0.3, 0.4) is 0 Å². The molecule has 0 amide bonds. The van der Waals surface area contributed by atoms with Gasteiger partial charge in [0.1, 0.15) is 12.2 Å². The predicted octanol–water partition coefficient (Wildman–Crippen LogP) is 5.91. The molecule has 37 heavy (non-hydrogen) atoms. The van der Waals surface area contributed by atoms with Crippen LogP contribution in [-0.4, -0.2) is 42.6 Å².